The first-order valence-electron chi connectivity index (χ1n) is 3.68. The third kappa shape index (κ3) is 1.23. The normalized spacial score (nSPS) is 25.0. The lowest BCUT2D eigenvalue weighted by atomic mass is 9.74. The Hall–Kier alpha value is -0.280. The maximum atomic E-state index is 10.8. The van der Waals surface area contributed by atoms with Crippen molar-refractivity contribution in [2.45, 2.75) is 6.92 Å². The molecule has 0 saturated carbocycles. The van der Waals surface area contributed by atoms with Gasteiger partial charge in [0.15, 0.2) is 0 Å². The van der Waals surface area contributed by atoms with Gasteiger partial charge in [-0.05, 0) is 0 Å². The van der Waals surface area contributed by atoms with E-state index in [4.69, 9.17) is 0 Å². The van der Waals surface area contributed by atoms with Crippen LogP contribution in [0.1, 0.15) is 6.92 Å². The largest absolute Gasteiger partial charge is 0.341 e. The number of nitrogens with zero attached hydrogens (tertiary/aromatic N) is 1. The Morgan fingerprint density at radius 3 is 2.27 bits per heavy atom. The molecule has 0 aliphatic carbocycles. The van der Waals surface area contributed by atoms with Crippen LogP contribution >= 0.6 is 12.4 Å². The number of rotatable bonds is 0. The number of nitrogens with one attached hydrogen (secondary N) is 1. The highest BCUT2D eigenvalue weighted by atomic mass is 35.5. The van der Waals surface area contributed by atoms with E-state index in [1.54, 1.807) is 6.92 Å². The molecule has 2 fully saturated rings. The summed E-state index contributed by atoms with van der Waals surface area (Å²) < 4.78 is 0. The number of carbonyl (C=O) groups excluding carboxylic acids is 1. The number of amides is 1. The summed E-state index contributed by atoms with van der Waals surface area (Å²) in [5.41, 5.74) is 0.492. The molecule has 0 unspecified atom stereocenters. The van der Waals surface area contributed by atoms with Crippen molar-refractivity contribution < 1.29 is 4.79 Å². The van der Waals surface area contributed by atoms with Crippen molar-refractivity contribution >= 4 is 18.3 Å². The molecule has 2 saturated heterocycles. The standard InChI is InChI=1S/C7H12N2O.ClH/c1-6(10)9-4-7(5-9)2-8-3-7;/h8H,2-5H2,1H3;1H. The predicted molar refractivity (Wildman–Crippen MR) is 44.8 cm³/mol. The fraction of sp³-hybridized carbons (Fsp3) is 0.857. The van der Waals surface area contributed by atoms with Crippen LogP contribution in [0.5, 0.6) is 0 Å². The quantitative estimate of drug-likeness (QED) is 0.558. The Labute approximate surface area is 72.5 Å². The number of carbonyl (C=O) groups is 1. The second-order valence-electron chi connectivity index (χ2n) is 3.48. The Balaban J connectivity index is 0.000000605. The molecule has 2 aliphatic rings. The van der Waals surface area contributed by atoms with Crippen molar-refractivity contribution in [2.75, 3.05) is 26.2 Å². The summed E-state index contributed by atoms with van der Waals surface area (Å²) >= 11 is 0. The van der Waals surface area contributed by atoms with E-state index in [2.05, 4.69) is 5.32 Å². The van der Waals surface area contributed by atoms with E-state index in [9.17, 15) is 4.79 Å². The van der Waals surface area contributed by atoms with Crippen LogP contribution < -0.4 is 5.32 Å². The minimum atomic E-state index is 0. The lowest BCUT2D eigenvalue weighted by Crippen LogP contribution is -2.71. The number of hydrogen-bond acceptors (Lipinski definition) is 2. The van der Waals surface area contributed by atoms with Crippen LogP contribution in [-0.2, 0) is 4.79 Å². The minimum absolute atomic E-state index is 0. The average molecular weight is 177 g/mol. The molecule has 0 atom stereocenters. The van der Waals surface area contributed by atoms with E-state index in [-0.39, 0.29) is 18.3 Å². The smallest absolute Gasteiger partial charge is 0.219 e. The molecule has 0 bridgehead atoms. The summed E-state index contributed by atoms with van der Waals surface area (Å²) in [7, 11) is 0. The van der Waals surface area contributed by atoms with Gasteiger partial charge >= 0.3 is 0 Å². The average Bonchev–Trinajstić information content (AvgIpc) is 1.54. The molecule has 1 spiro atoms. The summed E-state index contributed by atoms with van der Waals surface area (Å²) in [4.78, 5) is 12.7. The maximum absolute atomic E-state index is 10.8. The van der Waals surface area contributed by atoms with Gasteiger partial charge in [0.25, 0.3) is 0 Å². The lowest BCUT2D eigenvalue weighted by Gasteiger charge is -2.55. The first-order chi connectivity index (χ1) is 4.72. The van der Waals surface area contributed by atoms with Gasteiger partial charge in [-0.25, -0.2) is 0 Å². The van der Waals surface area contributed by atoms with Crippen molar-refractivity contribution in [1.29, 1.82) is 0 Å². The van der Waals surface area contributed by atoms with Crippen LogP contribution in [0.15, 0.2) is 0 Å². The SMILES string of the molecule is CC(=O)N1CC2(CNC2)C1.Cl. The summed E-state index contributed by atoms with van der Waals surface area (Å²) in [6.45, 7) is 5.82. The molecule has 4 heteroatoms. The molecule has 2 rings (SSSR count). The summed E-state index contributed by atoms with van der Waals surface area (Å²) in [6, 6.07) is 0. The summed E-state index contributed by atoms with van der Waals surface area (Å²) in [6.07, 6.45) is 0. The second-order valence-corrected chi connectivity index (χ2v) is 3.48. The maximum Gasteiger partial charge on any atom is 0.219 e. The minimum Gasteiger partial charge on any atom is -0.341 e. The van der Waals surface area contributed by atoms with Crippen molar-refractivity contribution in [2.24, 2.45) is 5.41 Å². The third-order valence-corrected chi connectivity index (χ3v) is 2.50. The fourth-order valence-electron chi connectivity index (χ4n) is 1.69. The lowest BCUT2D eigenvalue weighted by molar-refractivity contribution is -0.144. The van der Waals surface area contributed by atoms with Crippen LogP contribution in [0.4, 0.5) is 0 Å². The predicted octanol–water partition coefficient (Wildman–Crippen LogP) is -0.140. The molecule has 64 valence electrons. The topological polar surface area (TPSA) is 32.3 Å². The van der Waals surface area contributed by atoms with E-state index >= 15 is 0 Å². The first kappa shape index (κ1) is 8.81. The molecular weight excluding hydrogens is 164 g/mol. The van der Waals surface area contributed by atoms with Crippen LogP contribution in [0.25, 0.3) is 0 Å². The summed E-state index contributed by atoms with van der Waals surface area (Å²) in [5.74, 6) is 0.220. The van der Waals surface area contributed by atoms with Gasteiger partial charge in [-0.3, -0.25) is 4.79 Å². The van der Waals surface area contributed by atoms with Crippen LogP contribution in [0.2, 0.25) is 0 Å². The second kappa shape index (κ2) is 2.64. The molecule has 11 heavy (non-hydrogen) atoms. The number of halogens is 1. The van der Waals surface area contributed by atoms with Crippen LogP contribution in [0.3, 0.4) is 0 Å². The van der Waals surface area contributed by atoms with Gasteiger partial charge in [0, 0.05) is 38.5 Å². The first-order valence-corrected chi connectivity index (χ1v) is 3.68. The highest BCUT2D eigenvalue weighted by molar-refractivity contribution is 5.85. The molecule has 3 nitrogen and oxygen atoms in total. The Morgan fingerprint density at radius 1 is 1.45 bits per heavy atom. The molecule has 0 aromatic heterocycles. The van der Waals surface area contributed by atoms with Gasteiger partial charge in [-0.15, -0.1) is 12.4 Å². The molecule has 2 aliphatic heterocycles. The third-order valence-electron chi connectivity index (χ3n) is 2.50. The van der Waals surface area contributed by atoms with E-state index in [1.165, 1.54) is 0 Å². The number of likely N-dealkylation sites (tertiary alicyclic amines) is 1. The molecule has 0 aromatic rings. The van der Waals surface area contributed by atoms with Crippen molar-refractivity contribution in [3.63, 3.8) is 0 Å². The molecule has 1 amide bonds. The van der Waals surface area contributed by atoms with Gasteiger partial charge in [-0.2, -0.15) is 0 Å². The zero-order chi connectivity index (χ0) is 7.19. The Bertz CT molecular complexity index is 171. The van der Waals surface area contributed by atoms with E-state index < -0.39 is 0 Å². The highest BCUT2D eigenvalue weighted by Gasteiger charge is 2.48. The van der Waals surface area contributed by atoms with E-state index in [0.29, 0.717) is 5.41 Å². The van der Waals surface area contributed by atoms with Gasteiger partial charge in [-0.1, -0.05) is 0 Å². The summed E-state index contributed by atoms with van der Waals surface area (Å²) in [5, 5.41) is 3.23. The highest BCUT2D eigenvalue weighted by Crippen LogP contribution is 2.33. The van der Waals surface area contributed by atoms with Gasteiger partial charge in [0.2, 0.25) is 5.91 Å². The van der Waals surface area contributed by atoms with Gasteiger partial charge in [0.1, 0.15) is 0 Å². The zero-order valence-electron chi connectivity index (χ0n) is 6.59. The molecule has 1 N–H and O–H groups in total. The molecular formula is C7H13ClN2O. The number of hydrogen-bond donors (Lipinski definition) is 1. The van der Waals surface area contributed by atoms with E-state index in [1.807, 2.05) is 4.90 Å². The molecule has 2 heterocycles. The monoisotopic (exact) mass is 176 g/mol. The van der Waals surface area contributed by atoms with Gasteiger partial charge < -0.3 is 10.2 Å². The van der Waals surface area contributed by atoms with E-state index in [0.717, 1.165) is 26.2 Å². The Kier molecular flexibility index (Phi) is 2.12. The van der Waals surface area contributed by atoms with Crippen molar-refractivity contribution in [1.82, 2.24) is 10.2 Å². The Morgan fingerprint density at radius 2 is 2.00 bits per heavy atom. The van der Waals surface area contributed by atoms with Gasteiger partial charge in [0.05, 0.1) is 0 Å². The van der Waals surface area contributed by atoms with Crippen molar-refractivity contribution in [3.05, 3.63) is 0 Å². The van der Waals surface area contributed by atoms with Crippen molar-refractivity contribution in [3.8, 4) is 0 Å². The fourth-order valence-corrected chi connectivity index (χ4v) is 1.69. The van der Waals surface area contributed by atoms with Crippen LogP contribution in [0, 0.1) is 5.41 Å². The zero-order valence-corrected chi connectivity index (χ0v) is 7.41. The molecule has 0 radical (unpaired) electrons. The van der Waals surface area contributed by atoms with Crippen LogP contribution in [-0.4, -0.2) is 37.0 Å². The molecule has 0 aromatic carbocycles.